The first-order chi connectivity index (χ1) is 20.6. The molecule has 9 heteroatoms. The highest BCUT2D eigenvalue weighted by molar-refractivity contribution is 7.99. The summed E-state index contributed by atoms with van der Waals surface area (Å²) in [4.78, 5) is 24.9. The van der Waals surface area contributed by atoms with Gasteiger partial charge >= 0.3 is 0 Å². The number of nitrogens with one attached hydrogen (secondary N) is 2. The predicted octanol–water partition coefficient (Wildman–Crippen LogP) is 7.14. The number of carbonyl (C=O) groups excluding carboxylic acids is 2. The van der Waals surface area contributed by atoms with Crippen LogP contribution in [-0.4, -0.2) is 32.3 Å². The Morgan fingerprint density at radius 2 is 1.40 bits per heavy atom. The molecule has 0 fully saturated rings. The highest BCUT2D eigenvalue weighted by Crippen LogP contribution is 2.26. The summed E-state index contributed by atoms with van der Waals surface area (Å²) in [6.07, 6.45) is 3.27. The molecule has 0 saturated heterocycles. The summed E-state index contributed by atoms with van der Waals surface area (Å²) < 4.78 is 7.76. The van der Waals surface area contributed by atoms with E-state index in [1.54, 1.807) is 18.2 Å². The van der Waals surface area contributed by atoms with Gasteiger partial charge < -0.3 is 19.9 Å². The van der Waals surface area contributed by atoms with E-state index in [1.165, 1.54) is 17.8 Å². The lowest BCUT2D eigenvalue weighted by molar-refractivity contribution is -0.114. The van der Waals surface area contributed by atoms with Crippen LogP contribution in [-0.2, 0) is 16.1 Å². The second-order valence-electron chi connectivity index (χ2n) is 9.14. The minimum absolute atomic E-state index is 0.148. The van der Waals surface area contributed by atoms with Crippen LogP contribution in [0.3, 0.4) is 0 Å². The molecule has 0 saturated carbocycles. The lowest BCUT2D eigenvalue weighted by Gasteiger charge is -2.09. The second kappa shape index (κ2) is 14.0. The zero-order chi connectivity index (χ0) is 29.1. The molecule has 0 aliphatic heterocycles. The number of anilines is 2. The molecule has 1 aromatic heterocycles. The first-order valence-corrected chi connectivity index (χ1v) is 14.4. The first kappa shape index (κ1) is 28.4. The number of thioether (sulfide) groups is 1. The largest absolute Gasteiger partial charge is 0.457 e. The smallest absolute Gasteiger partial charge is 0.248 e. The molecule has 5 aromatic rings. The van der Waals surface area contributed by atoms with Gasteiger partial charge in [0, 0.05) is 29.6 Å². The fraction of sp³-hybridized carbons (Fsp3) is 0.0909. The molecule has 8 nitrogen and oxygen atoms in total. The van der Waals surface area contributed by atoms with Gasteiger partial charge in [0.25, 0.3) is 0 Å². The third kappa shape index (κ3) is 7.74. The lowest BCUT2D eigenvalue weighted by atomic mass is 10.2. The highest BCUT2D eigenvalue weighted by atomic mass is 32.2. The molecular weight excluding hydrogens is 546 g/mol. The molecule has 0 aliphatic rings. The van der Waals surface area contributed by atoms with Gasteiger partial charge in [-0.15, -0.1) is 10.2 Å². The van der Waals surface area contributed by atoms with Gasteiger partial charge in [0.2, 0.25) is 11.8 Å². The van der Waals surface area contributed by atoms with Crippen molar-refractivity contribution in [2.45, 2.75) is 18.6 Å². The van der Waals surface area contributed by atoms with E-state index >= 15 is 0 Å². The Morgan fingerprint density at radius 3 is 2.10 bits per heavy atom. The fourth-order valence-electron chi connectivity index (χ4n) is 4.07. The molecule has 0 spiro atoms. The fourth-order valence-corrected chi connectivity index (χ4v) is 4.88. The average molecular weight is 576 g/mol. The molecule has 210 valence electrons. The Bertz CT molecular complexity index is 1650. The maximum Gasteiger partial charge on any atom is 0.248 e. The van der Waals surface area contributed by atoms with Gasteiger partial charge in [0.05, 0.1) is 5.75 Å². The highest BCUT2D eigenvalue weighted by Gasteiger charge is 2.15. The molecule has 1 heterocycles. The van der Waals surface area contributed by atoms with Crippen LogP contribution in [0.1, 0.15) is 12.5 Å². The predicted molar refractivity (Wildman–Crippen MR) is 168 cm³/mol. The number of nitrogens with zero attached hydrogens (tertiary/aromatic N) is 3. The average Bonchev–Trinajstić information content (AvgIpc) is 3.44. The maximum absolute atomic E-state index is 12.6. The summed E-state index contributed by atoms with van der Waals surface area (Å²) in [5.41, 5.74) is 3.17. The second-order valence-corrected chi connectivity index (χ2v) is 10.1. The normalized spacial score (nSPS) is 10.9. The molecular formula is C33H29N5O3S. The van der Waals surface area contributed by atoms with Crippen LogP contribution < -0.4 is 15.4 Å². The van der Waals surface area contributed by atoms with Crippen LogP contribution in [0.4, 0.5) is 11.4 Å². The molecule has 0 unspecified atom stereocenters. The van der Waals surface area contributed by atoms with Crippen LogP contribution in [0.5, 0.6) is 11.5 Å². The molecule has 5 rings (SSSR count). The molecule has 4 aromatic carbocycles. The van der Waals surface area contributed by atoms with Crippen molar-refractivity contribution in [3.05, 3.63) is 121 Å². The van der Waals surface area contributed by atoms with Gasteiger partial charge in [-0.2, -0.15) is 0 Å². The number of carbonyl (C=O) groups is 2. The van der Waals surface area contributed by atoms with Gasteiger partial charge in [0.1, 0.15) is 11.5 Å². The van der Waals surface area contributed by atoms with E-state index in [-0.39, 0.29) is 17.6 Å². The van der Waals surface area contributed by atoms with Crippen LogP contribution in [0.15, 0.2) is 120 Å². The Kier molecular flexibility index (Phi) is 9.43. The lowest BCUT2D eigenvalue weighted by Crippen LogP contribution is -2.14. The Balaban J connectivity index is 1.14. The van der Waals surface area contributed by atoms with Crippen LogP contribution in [0, 0.1) is 0 Å². The minimum Gasteiger partial charge on any atom is -0.457 e. The van der Waals surface area contributed by atoms with E-state index in [2.05, 4.69) is 20.8 Å². The molecule has 0 atom stereocenters. The van der Waals surface area contributed by atoms with E-state index in [0.29, 0.717) is 34.6 Å². The molecule has 2 amide bonds. The van der Waals surface area contributed by atoms with Crippen LogP contribution in [0.25, 0.3) is 17.5 Å². The third-order valence-corrected chi connectivity index (χ3v) is 7.09. The van der Waals surface area contributed by atoms with Gasteiger partial charge in [-0.1, -0.05) is 60.3 Å². The van der Waals surface area contributed by atoms with Crippen molar-refractivity contribution in [2.75, 3.05) is 16.4 Å². The Labute approximate surface area is 248 Å². The Hall–Kier alpha value is -5.15. The number of para-hydroxylation sites is 1. The zero-order valence-electron chi connectivity index (χ0n) is 22.9. The summed E-state index contributed by atoms with van der Waals surface area (Å²) in [5, 5.41) is 15.1. The number of aromatic nitrogens is 3. The molecule has 0 bridgehead atoms. The SMILES string of the molecule is CCn1c(SCC(=O)Nc2ccc(Oc3ccccc3)cc2)nnc1-c1ccc(NC(=O)/C=C/c2ccccc2)cc1. The molecule has 2 N–H and O–H groups in total. The van der Waals surface area contributed by atoms with Crippen molar-refractivity contribution in [3.63, 3.8) is 0 Å². The third-order valence-electron chi connectivity index (χ3n) is 6.12. The number of ether oxygens (including phenoxy) is 1. The van der Waals surface area contributed by atoms with E-state index < -0.39 is 0 Å². The van der Waals surface area contributed by atoms with Crippen molar-refractivity contribution >= 4 is 41.0 Å². The van der Waals surface area contributed by atoms with Crippen molar-refractivity contribution in [1.82, 2.24) is 14.8 Å². The summed E-state index contributed by atoms with van der Waals surface area (Å²) >= 11 is 1.32. The monoisotopic (exact) mass is 575 g/mol. The maximum atomic E-state index is 12.6. The number of hydrogen-bond acceptors (Lipinski definition) is 6. The molecule has 0 radical (unpaired) electrons. The molecule has 42 heavy (non-hydrogen) atoms. The van der Waals surface area contributed by atoms with Gasteiger partial charge in [-0.05, 0) is 79.2 Å². The quantitative estimate of drug-likeness (QED) is 0.128. The van der Waals surface area contributed by atoms with E-state index in [4.69, 9.17) is 4.74 Å². The zero-order valence-corrected chi connectivity index (χ0v) is 23.8. The van der Waals surface area contributed by atoms with Crippen molar-refractivity contribution in [3.8, 4) is 22.9 Å². The topological polar surface area (TPSA) is 98.1 Å². The van der Waals surface area contributed by atoms with Crippen LogP contribution >= 0.6 is 11.8 Å². The van der Waals surface area contributed by atoms with Gasteiger partial charge in [0.15, 0.2) is 11.0 Å². The van der Waals surface area contributed by atoms with E-state index in [0.717, 1.165) is 16.9 Å². The van der Waals surface area contributed by atoms with Crippen molar-refractivity contribution < 1.29 is 14.3 Å². The number of hydrogen-bond donors (Lipinski definition) is 2. The number of rotatable bonds is 11. The van der Waals surface area contributed by atoms with Crippen molar-refractivity contribution in [2.24, 2.45) is 0 Å². The minimum atomic E-state index is -0.211. The summed E-state index contributed by atoms with van der Waals surface area (Å²) in [6.45, 7) is 2.64. The number of amides is 2. The standard InChI is InChI=1S/C33H29N5O3S/c1-2-38-32(25-14-16-26(17-15-25)34-30(39)22-13-24-9-5-3-6-10-24)36-37-33(38)42-23-31(40)35-27-18-20-29(21-19-27)41-28-11-7-4-8-12-28/h3-22H,2,23H2,1H3,(H,34,39)(H,35,40)/b22-13+. The van der Waals surface area contributed by atoms with E-state index in [1.807, 2.05) is 109 Å². The first-order valence-electron chi connectivity index (χ1n) is 13.4. The molecule has 0 aliphatic carbocycles. The number of benzene rings is 4. The summed E-state index contributed by atoms with van der Waals surface area (Å²) in [5.74, 6) is 1.95. The summed E-state index contributed by atoms with van der Waals surface area (Å²) in [6, 6.07) is 33.8. The van der Waals surface area contributed by atoms with Crippen molar-refractivity contribution in [1.29, 1.82) is 0 Å². The van der Waals surface area contributed by atoms with Crippen LogP contribution in [0.2, 0.25) is 0 Å². The Morgan fingerprint density at radius 1 is 0.786 bits per heavy atom. The van der Waals surface area contributed by atoms with Gasteiger partial charge in [-0.3, -0.25) is 9.59 Å². The summed E-state index contributed by atoms with van der Waals surface area (Å²) in [7, 11) is 0. The van der Waals surface area contributed by atoms with E-state index in [9.17, 15) is 9.59 Å². The van der Waals surface area contributed by atoms with Gasteiger partial charge in [-0.25, -0.2) is 0 Å².